The molecule has 1 atom stereocenters. The maximum absolute atomic E-state index is 14.0. The number of esters is 1. The predicted molar refractivity (Wildman–Crippen MR) is 158 cm³/mol. The summed E-state index contributed by atoms with van der Waals surface area (Å²) in [5.41, 5.74) is 1.38. The highest BCUT2D eigenvalue weighted by Crippen LogP contribution is 2.38. The van der Waals surface area contributed by atoms with Crippen LogP contribution in [0.1, 0.15) is 44.1 Å². The predicted octanol–water partition coefficient (Wildman–Crippen LogP) is 5.41. The van der Waals surface area contributed by atoms with Crippen molar-refractivity contribution >= 4 is 40.7 Å². The van der Waals surface area contributed by atoms with E-state index < -0.39 is 22.5 Å². The molecule has 0 saturated carbocycles. The molecule has 1 aliphatic rings. The Hall–Kier alpha value is -4.48. The fourth-order valence-electron chi connectivity index (χ4n) is 4.82. The Morgan fingerprint density at radius 1 is 1.21 bits per heavy atom. The lowest BCUT2D eigenvalue weighted by Gasteiger charge is -2.27. The maximum atomic E-state index is 14.0. The Balaban J connectivity index is 1.69. The molecule has 0 N–H and O–H groups in total. The lowest BCUT2D eigenvalue weighted by molar-refractivity contribution is -0.384. The van der Waals surface area contributed by atoms with E-state index in [1.807, 2.05) is 6.92 Å². The molecule has 0 aliphatic carbocycles. The van der Waals surface area contributed by atoms with E-state index in [4.69, 9.17) is 30.5 Å². The van der Waals surface area contributed by atoms with Gasteiger partial charge in [0.1, 0.15) is 23.3 Å². The van der Waals surface area contributed by atoms with Crippen LogP contribution in [0.3, 0.4) is 0 Å². The second-order valence-electron chi connectivity index (χ2n) is 9.31. The molecule has 0 radical (unpaired) electrons. The van der Waals surface area contributed by atoms with Crippen LogP contribution in [0.4, 0.5) is 5.69 Å². The molecular weight excluding hydrogens is 582 g/mol. The number of rotatable bonds is 9. The Morgan fingerprint density at radius 2 is 2.02 bits per heavy atom. The zero-order valence-electron chi connectivity index (χ0n) is 23.0. The van der Waals surface area contributed by atoms with Crippen molar-refractivity contribution in [1.82, 2.24) is 4.57 Å². The number of hydrogen-bond acceptors (Lipinski definition) is 9. The smallest absolute Gasteiger partial charge is 0.338 e. The fraction of sp³-hybridized carbons (Fsp3) is 0.233. The number of carbonyl (C=O) groups is 1. The summed E-state index contributed by atoms with van der Waals surface area (Å²) in [6, 6.07) is 13.6. The van der Waals surface area contributed by atoms with Gasteiger partial charge < -0.3 is 13.9 Å². The van der Waals surface area contributed by atoms with E-state index in [1.165, 1.54) is 23.8 Å². The molecule has 42 heavy (non-hydrogen) atoms. The number of nitrogens with zero attached hydrogens (tertiary/aromatic N) is 3. The van der Waals surface area contributed by atoms with Crippen molar-refractivity contribution in [3.05, 3.63) is 112 Å². The molecule has 0 fully saturated rings. The Morgan fingerprint density at radius 3 is 2.74 bits per heavy atom. The van der Waals surface area contributed by atoms with Gasteiger partial charge in [-0.15, -0.1) is 0 Å². The number of benzene rings is 2. The molecule has 0 saturated heterocycles. The number of nitro groups is 1. The lowest BCUT2D eigenvalue weighted by Crippen LogP contribution is -2.40. The van der Waals surface area contributed by atoms with Crippen LogP contribution in [0.15, 0.2) is 80.1 Å². The number of allylic oxidation sites excluding steroid dienone is 1. The van der Waals surface area contributed by atoms with Gasteiger partial charge in [-0.2, -0.15) is 0 Å². The SMILES string of the molecule is CCCC1=C(C(=O)OCC)[C@@H](c2cc(Cl)ccc2OC)n2c(s/c(=C/c3ccc(-c4cccc([N+](=O)[O-])c4)o3)c2=O)=N1. The van der Waals surface area contributed by atoms with Crippen molar-refractivity contribution in [2.24, 2.45) is 4.99 Å². The van der Waals surface area contributed by atoms with Crippen LogP contribution in [0, 0.1) is 10.1 Å². The van der Waals surface area contributed by atoms with Crippen LogP contribution >= 0.6 is 22.9 Å². The first-order chi connectivity index (χ1) is 20.2. The van der Waals surface area contributed by atoms with Crippen LogP contribution < -0.4 is 19.6 Å². The summed E-state index contributed by atoms with van der Waals surface area (Å²) in [5.74, 6) is 0.663. The molecule has 0 unspecified atom stereocenters. The third kappa shape index (κ3) is 5.53. The molecule has 2 aromatic carbocycles. The highest BCUT2D eigenvalue weighted by Gasteiger charge is 2.36. The van der Waals surface area contributed by atoms with Gasteiger partial charge >= 0.3 is 5.97 Å². The number of hydrogen-bond donors (Lipinski definition) is 0. The first-order valence-corrected chi connectivity index (χ1v) is 14.3. The first kappa shape index (κ1) is 29.0. The van der Waals surface area contributed by atoms with Gasteiger partial charge in [-0.05, 0) is 43.7 Å². The van der Waals surface area contributed by atoms with E-state index in [2.05, 4.69) is 0 Å². The van der Waals surface area contributed by atoms with Gasteiger partial charge in [0.15, 0.2) is 4.80 Å². The summed E-state index contributed by atoms with van der Waals surface area (Å²) in [6.07, 6.45) is 2.79. The van der Waals surface area contributed by atoms with Crippen LogP contribution in [0.25, 0.3) is 17.4 Å². The van der Waals surface area contributed by atoms with E-state index in [-0.39, 0.29) is 17.9 Å². The summed E-state index contributed by atoms with van der Waals surface area (Å²) in [4.78, 5) is 43.2. The van der Waals surface area contributed by atoms with Crippen LogP contribution in [-0.4, -0.2) is 29.2 Å². The van der Waals surface area contributed by atoms with Gasteiger partial charge in [-0.25, -0.2) is 9.79 Å². The Kier molecular flexibility index (Phi) is 8.41. The van der Waals surface area contributed by atoms with E-state index >= 15 is 0 Å². The third-order valence-electron chi connectivity index (χ3n) is 6.62. The lowest BCUT2D eigenvalue weighted by atomic mass is 9.93. The number of non-ortho nitro benzene ring substituents is 1. The number of nitro benzene ring substituents is 1. The van der Waals surface area contributed by atoms with Gasteiger partial charge in [0.25, 0.3) is 11.2 Å². The van der Waals surface area contributed by atoms with Gasteiger partial charge in [0.2, 0.25) is 0 Å². The molecule has 0 spiro atoms. The van der Waals surface area contributed by atoms with E-state index in [0.717, 1.165) is 11.3 Å². The summed E-state index contributed by atoms with van der Waals surface area (Å²) in [5, 5.41) is 11.6. The number of ether oxygens (including phenoxy) is 2. The minimum absolute atomic E-state index is 0.0597. The standard InChI is InChI=1S/C30H26ClN3O7S/c1-4-7-22-26(29(36)40-5-2)27(21-15-18(31)10-12-24(21)39-3)33-28(35)25(42-30(33)32-22)16-20-11-13-23(41-20)17-8-6-9-19(14-17)34(37)38/h6,8-16,27H,4-5,7H2,1-3H3/b25-16+/t27-/m1/s1. The summed E-state index contributed by atoms with van der Waals surface area (Å²) >= 11 is 7.55. The zero-order chi connectivity index (χ0) is 30.0. The highest BCUT2D eigenvalue weighted by atomic mass is 35.5. The van der Waals surface area contributed by atoms with Crippen LogP contribution in [0.5, 0.6) is 5.75 Å². The number of furan rings is 1. The van der Waals surface area contributed by atoms with Crippen LogP contribution in [-0.2, 0) is 9.53 Å². The average molecular weight is 608 g/mol. The van der Waals surface area contributed by atoms with Crippen molar-refractivity contribution in [3.8, 4) is 17.1 Å². The van der Waals surface area contributed by atoms with Crippen molar-refractivity contribution < 1.29 is 23.6 Å². The molecule has 12 heteroatoms. The number of thiazole rings is 1. The topological polar surface area (TPSA) is 126 Å². The van der Waals surface area contributed by atoms with E-state index in [1.54, 1.807) is 55.5 Å². The summed E-state index contributed by atoms with van der Waals surface area (Å²) in [7, 11) is 1.51. The molecule has 10 nitrogen and oxygen atoms in total. The maximum Gasteiger partial charge on any atom is 0.338 e. The van der Waals surface area contributed by atoms with E-state index in [9.17, 15) is 19.7 Å². The molecule has 3 heterocycles. The minimum atomic E-state index is -0.894. The van der Waals surface area contributed by atoms with Gasteiger partial charge in [0, 0.05) is 34.4 Å². The van der Waals surface area contributed by atoms with Crippen molar-refractivity contribution in [3.63, 3.8) is 0 Å². The van der Waals surface area contributed by atoms with Gasteiger partial charge in [-0.1, -0.05) is 48.4 Å². The second kappa shape index (κ2) is 12.2. The molecular formula is C30H26ClN3O7S. The Bertz CT molecular complexity index is 1900. The quantitative estimate of drug-likeness (QED) is 0.141. The molecule has 2 aromatic heterocycles. The van der Waals surface area contributed by atoms with E-state index in [0.29, 0.717) is 61.3 Å². The number of carbonyl (C=O) groups excluding carboxylic acids is 1. The molecule has 0 bridgehead atoms. The number of methoxy groups -OCH3 is 1. The summed E-state index contributed by atoms with van der Waals surface area (Å²) in [6.45, 7) is 3.84. The minimum Gasteiger partial charge on any atom is -0.496 e. The number of aromatic nitrogens is 1. The zero-order valence-corrected chi connectivity index (χ0v) is 24.5. The van der Waals surface area contributed by atoms with Crippen LogP contribution in [0.2, 0.25) is 5.02 Å². The third-order valence-corrected chi connectivity index (χ3v) is 7.84. The normalized spacial score (nSPS) is 14.9. The molecule has 4 aromatic rings. The number of fused-ring (bicyclic) bond motifs is 1. The van der Waals surface area contributed by atoms with Crippen molar-refractivity contribution in [2.75, 3.05) is 13.7 Å². The van der Waals surface area contributed by atoms with Gasteiger partial charge in [-0.3, -0.25) is 19.5 Å². The molecule has 1 aliphatic heterocycles. The number of halogens is 1. The monoisotopic (exact) mass is 607 g/mol. The molecule has 5 rings (SSSR count). The van der Waals surface area contributed by atoms with Crippen molar-refractivity contribution in [1.29, 1.82) is 0 Å². The summed E-state index contributed by atoms with van der Waals surface area (Å²) < 4.78 is 18.8. The second-order valence-corrected chi connectivity index (χ2v) is 10.8. The molecule has 0 amide bonds. The first-order valence-electron chi connectivity index (χ1n) is 13.2. The van der Waals surface area contributed by atoms with Gasteiger partial charge in [0.05, 0.1) is 34.4 Å². The highest BCUT2D eigenvalue weighted by molar-refractivity contribution is 7.07. The fourth-order valence-corrected chi connectivity index (χ4v) is 6.00. The van der Waals surface area contributed by atoms with Crippen molar-refractivity contribution in [2.45, 2.75) is 32.7 Å². The molecule has 216 valence electrons. The largest absolute Gasteiger partial charge is 0.496 e. The Labute approximate surface area is 248 Å². The average Bonchev–Trinajstić information content (AvgIpc) is 3.57.